The Morgan fingerprint density at radius 1 is 1.08 bits per heavy atom. The Labute approximate surface area is 213 Å². The fourth-order valence-corrected chi connectivity index (χ4v) is 5.86. The molecule has 5 rings (SSSR count). The summed E-state index contributed by atoms with van der Waals surface area (Å²) in [5.74, 6) is 0. The largest absolute Gasteiger partial charge is 0.388 e. The molecule has 1 aliphatic rings. The van der Waals surface area contributed by atoms with Crippen molar-refractivity contribution in [2.75, 3.05) is 12.4 Å². The standard InChI is InChI=1S/C31H33N5/c1-3-31(14-5-4-6-15-31)21-36-16-13-26-28(36)20-35-30(24-11-12-27(34-2)25(17-24)19-33)29(26)23-9-7-22(18-32)8-10-23/h7-13,16-17,19-20,33-34H,3-6,14-15,21H2,1-2H3. The summed E-state index contributed by atoms with van der Waals surface area (Å²) in [5, 5.41) is 21.5. The van der Waals surface area contributed by atoms with Gasteiger partial charge >= 0.3 is 0 Å². The minimum atomic E-state index is 0.360. The molecule has 2 heterocycles. The van der Waals surface area contributed by atoms with Crippen molar-refractivity contribution in [3.05, 3.63) is 72.1 Å². The minimum Gasteiger partial charge on any atom is -0.388 e. The molecule has 1 fully saturated rings. The van der Waals surface area contributed by atoms with Crippen LogP contribution in [-0.2, 0) is 6.54 Å². The molecule has 0 atom stereocenters. The fourth-order valence-electron chi connectivity index (χ4n) is 5.86. The van der Waals surface area contributed by atoms with Gasteiger partial charge in [0.05, 0.1) is 29.0 Å². The molecule has 182 valence electrons. The maximum absolute atomic E-state index is 9.32. The molecule has 0 saturated heterocycles. The first-order valence-corrected chi connectivity index (χ1v) is 12.9. The first-order valence-electron chi connectivity index (χ1n) is 12.9. The zero-order valence-corrected chi connectivity index (χ0v) is 21.1. The molecule has 36 heavy (non-hydrogen) atoms. The van der Waals surface area contributed by atoms with Crippen molar-refractivity contribution in [1.82, 2.24) is 9.55 Å². The van der Waals surface area contributed by atoms with Gasteiger partial charge in [-0.15, -0.1) is 0 Å². The predicted molar refractivity (Wildman–Crippen MR) is 149 cm³/mol. The van der Waals surface area contributed by atoms with Crippen molar-refractivity contribution < 1.29 is 0 Å². The second kappa shape index (κ2) is 9.99. The lowest BCUT2D eigenvalue weighted by atomic mass is 9.72. The SMILES string of the molecule is CCC1(Cn2ccc3c(-c4ccc(C#N)cc4)c(-c4ccc(NC)c(C=N)c4)ncc32)CCCCC1. The van der Waals surface area contributed by atoms with Crippen molar-refractivity contribution in [2.45, 2.75) is 52.0 Å². The third kappa shape index (κ3) is 4.28. The highest BCUT2D eigenvalue weighted by molar-refractivity contribution is 6.02. The summed E-state index contributed by atoms with van der Waals surface area (Å²) < 4.78 is 2.40. The van der Waals surface area contributed by atoms with E-state index in [9.17, 15) is 5.26 Å². The number of fused-ring (bicyclic) bond motifs is 1. The summed E-state index contributed by atoms with van der Waals surface area (Å²) >= 11 is 0. The highest BCUT2D eigenvalue weighted by Gasteiger charge is 2.31. The van der Waals surface area contributed by atoms with Crippen LogP contribution in [0, 0.1) is 22.2 Å². The van der Waals surface area contributed by atoms with Crippen molar-refractivity contribution in [3.63, 3.8) is 0 Å². The molecule has 0 amide bonds. The average molecular weight is 476 g/mol. The topological polar surface area (TPSA) is 77.5 Å². The Hall–Kier alpha value is -3.91. The fraction of sp³-hybridized carbons (Fsp3) is 0.323. The number of anilines is 1. The molecule has 0 aliphatic heterocycles. The summed E-state index contributed by atoms with van der Waals surface area (Å²) in [4.78, 5) is 5.02. The van der Waals surface area contributed by atoms with Gasteiger partial charge in [-0.25, -0.2) is 0 Å². The summed E-state index contributed by atoms with van der Waals surface area (Å²) in [6.07, 6.45) is 13.4. The molecule has 2 N–H and O–H groups in total. The van der Waals surface area contributed by atoms with Crippen LogP contribution in [0.1, 0.15) is 56.6 Å². The van der Waals surface area contributed by atoms with E-state index in [0.29, 0.717) is 11.0 Å². The van der Waals surface area contributed by atoms with E-state index in [1.165, 1.54) is 50.1 Å². The van der Waals surface area contributed by atoms with Crippen LogP contribution in [0.2, 0.25) is 0 Å². The van der Waals surface area contributed by atoms with Gasteiger partial charge in [-0.1, -0.05) is 44.4 Å². The average Bonchev–Trinajstić information content (AvgIpc) is 3.35. The number of nitrogens with one attached hydrogen (secondary N) is 2. The van der Waals surface area contributed by atoms with Gasteiger partial charge in [0.1, 0.15) is 0 Å². The number of pyridine rings is 1. The highest BCUT2D eigenvalue weighted by Crippen LogP contribution is 2.43. The summed E-state index contributed by atoms with van der Waals surface area (Å²) in [6, 6.07) is 18.3. The molecular formula is C31H33N5. The lowest BCUT2D eigenvalue weighted by molar-refractivity contribution is 0.152. The summed E-state index contributed by atoms with van der Waals surface area (Å²) in [5.41, 5.74) is 7.85. The third-order valence-electron chi connectivity index (χ3n) is 8.05. The molecule has 4 aromatic rings. The third-order valence-corrected chi connectivity index (χ3v) is 8.05. The maximum Gasteiger partial charge on any atom is 0.0991 e. The predicted octanol–water partition coefficient (Wildman–Crippen LogP) is 7.64. The lowest BCUT2D eigenvalue weighted by Gasteiger charge is -2.37. The summed E-state index contributed by atoms with van der Waals surface area (Å²) in [7, 11) is 1.87. The molecule has 5 heteroatoms. The van der Waals surface area contributed by atoms with Crippen LogP contribution < -0.4 is 5.32 Å². The van der Waals surface area contributed by atoms with Gasteiger partial charge in [0.2, 0.25) is 0 Å². The Morgan fingerprint density at radius 3 is 2.50 bits per heavy atom. The molecule has 2 aromatic carbocycles. The molecule has 1 aliphatic carbocycles. The van der Waals surface area contributed by atoms with E-state index in [2.05, 4.69) is 41.2 Å². The van der Waals surface area contributed by atoms with E-state index in [0.717, 1.165) is 45.7 Å². The van der Waals surface area contributed by atoms with Crippen molar-refractivity contribution >= 4 is 22.8 Å². The smallest absolute Gasteiger partial charge is 0.0991 e. The molecule has 5 nitrogen and oxygen atoms in total. The van der Waals surface area contributed by atoms with Gasteiger partial charge in [-0.05, 0) is 60.6 Å². The van der Waals surface area contributed by atoms with E-state index in [-0.39, 0.29) is 0 Å². The number of rotatable bonds is 7. The number of benzene rings is 2. The number of hydrogen-bond acceptors (Lipinski definition) is 4. The minimum absolute atomic E-state index is 0.360. The van der Waals surface area contributed by atoms with Gasteiger partial charge in [-0.2, -0.15) is 5.26 Å². The molecule has 0 bridgehead atoms. The number of aromatic nitrogens is 2. The van der Waals surface area contributed by atoms with Crippen molar-refractivity contribution in [3.8, 4) is 28.5 Å². The van der Waals surface area contributed by atoms with Crippen LogP contribution in [0.15, 0.2) is 60.9 Å². The van der Waals surface area contributed by atoms with Gasteiger partial charge in [-0.3, -0.25) is 4.98 Å². The van der Waals surface area contributed by atoms with Crippen LogP contribution >= 0.6 is 0 Å². The maximum atomic E-state index is 9.32. The zero-order valence-electron chi connectivity index (χ0n) is 21.1. The Bertz CT molecular complexity index is 1430. The summed E-state index contributed by atoms with van der Waals surface area (Å²) in [6.45, 7) is 3.36. The van der Waals surface area contributed by atoms with E-state index in [1.54, 1.807) is 0 Å². The van der Waals surface area contributed by atoms with E-state index in [4.69, 9.17) is 10.4 Å². The van der Waals surface area contributed by atoms with Crippen LogP contribution in [0.4, 0.5) is 5.69 Å². The first-order chi connectivity index (χ1) is 17.6. The van der Waals surface area contributed by atoms with Crippen LogP contribution in [-0.4, -0.2) is 22.8 Å². The monoisotopic (exact) mass is 475 g/mol. The van der Waals surface area contributed by atoms with Crippen molar-refractivity contribution in [2.24, 2.45) is 5.41 Å². The first kappa shape index (κ1) is 23.8. The molecule has 2 aromatic heterocycles. The Kier molecular flexibility index (Phi) is 6.61. The van der Waals surface area contributed by atoms with Gasteiger partial charge in [0.15, 0.2) is 0 Å². The molecule has 0 radical (unpaired) electrons. The molecule has 0 unspecified atom stereocenters. The van der Waals surface area contributed by atoms with Crippen molar-refractivity contribution in [1.29, 1.82) is 10.7 Å². The zero-order chi connectivity index (χ0) is 25.1. The second-order valence-electron chi connectivity index (χ2n) is 10.0. The lowest BCUT2D eigenvalue weighted by Crippen LogP contribution is -2.28. The molecule has 1 saturated carbocycles. The van der Waals surface area contributed by atoms with E-state index >= 15 is 0 Å². The number of nitriles is 1. The van der Waals surface area contributed by atoms with Gasteiger partial charge in [0, 0.05) is 53.8 Å². The Morgan fingerprint density at radius 2 is 1.83 bits per heavy atom. The van der Waals surface area contributed by atoms with Crippen LogP contribution in [0.5, 0.6) is 0 Å². The quantitative estimate of drug-likeness (QED) is 0.270. The van der Waals surface area contributed by atoms with E-state index < -0.39 is 0 Å². The van der Waals surface area contributed by atoms with Gasteiger partial charge in [0.25, 0.3) is 0 Å². The van der Waals surface area contributed by atoms with Crippen LogP contribution in [0.3, 0.4) is 0 Å². The Balaban J connectivity index is 1.68. The highest BCUT2D eigenvalue weighted by atomic mass is 15.0. The van der Waals surface area contributed by atoms with E-state index in [1.807, 2.05) is 49.6 Å². The second-order valence-corrected chi connectivity index (χ2v) is 10.0. The normalized spacial score (nSPS) is 14.9. The molecular weight excluding hydrogens is 442 g/mol. The van der Waals surface area contributed by atoms with Crippen LogP contribution in [0.25, 0.3) is 33.3 Å². The number of hydrogen-bond donors (Lipinski definition) is 2. The number of nitrogens with zero attached hydrogens (tertiary/aromatic N) is 3. The molecule has 0 spiro atoms. The van der Waals surface area contributed by atoms with Gasteiger partial charge < -0.3 is 15.3 Å².